The summed E-state index contributed by atoms with van der Waals surface area (Å²) >= 11 is 0. The molecule has 0 heterocycles. The zero-order valence-electron chi connectivity index (χ0n) is 16.5. The average Bonchev–Trinajstić information content (AvgIpc) is 2.79. The van der Waals surface area contributed by atoms with E-state index < -0.39 is 0 Å². The molecule has 0 saturated heterocycles. The van der Waals surface area contributed by atoms with Crippen LogP contribution in [-0.2, 0) is 11.3 Å². The normalized spacial score (nSPS) is 11.4. The van der Waals surface area contributed by atoms with Gasteiger partial charge in [-0.15, -0.1) is 0 Å². The van der Waals surface area contributed by atoms with Crippen molar-refractivity contribution in [3.63, 3.8) is 0 Å². The third kappa shape index (κ3) is 6.44. The minimum Gasteiger partial charge on any atom is -0.497 e. The first-order valence-electron chi connectivity index (χ1n) is 9.29. The van der Waals surface area contributed by atoms with Crippen molar-refractivity contribution in [2.75, 3.05) is 14.2 Å². The Balaban J connectivity index is 1.71. The van der Waals surface area contributed by atoms with Gasteiger partial charge >= 0.3 is 0 Å². The van der Waals surface area contributed by atoms with E-state index in [-0.39, 0.29) is 6.10 Å². The summed E-state index contributed by atoms with van der Waals surface area (Å²) in [6, 6.07) is 25.3. The fourth-order valence-electron chi connectivity index (χ4n) is 2.64. The molecular formula is C25H23NO3. The van der Waals surface area contributed by atoms with E-state index in [0.29, 0.717) is 6.42 Å². The Kier molecular flexibility index (Phi) is 7.31. The first kappa shape index (κ1) is 20.0. The van der Waals surface area contributed by atoms with Gasteiger partial charge in [-0.25, -0.2) is 0 Å². The van der Waals surface area contributed by atoms with Gasteiger partial charge < -0.3 is 14.3 Å². The second-order valence-corrected chi connectivity index (χ2v) is 6.29. The lowest BCUT2D eigenvalue weighted by Gasteiger charge is -2.09. The summed E-state index contributed by atoms with van der Waals surface area (Å²) in [5.74, 6) is 7.94. The highest BCUT2D eigenvalue weighted by atomic mass is 16.6. The highest BCUT2D eigenvalue weighted by Gasteiger charge is 2.07. The highest BCUT2D eigenvalue weighted by molar-refractivity contribution is 5.79. The maximum atomic E-state index is 5.71. The van der Waals surface area contributed by atoms with Crippen LogP contribution in [0, 0.1) is 11.8 Å². The summed E-state index contributed by atoms with van der Waals surface area (Å²) in [7, 11) is 3.28. The molecule has 4 heteroatoms. The van der Waals surface area contributed by atoms with Gasteiger partial charge in [-0.1, -0.05) is 47.3 Å². The van der Waals surface area contributed by atoms with E-state index in [2.05, 4.69) is 29.1 Å². The summed E-state index contributed by atoms with van der Waals surface area (Å²) in [4.78, 5) is 5.71. The van der Waals surface area contributed by atoms with E-state index in [0.717, 1.165) is 28.2 Å². The van der Waals surface area contributed by atoms with Crippen molar-refractivity contribution in [2.45, 2.75) is 12.5 Å². The van der Waals surface area contributed by atoms with E-state index >= 15 is 0 Å². The van der Waals surface area contributed by atoms with Gasteiger partial charge in [-0.05, 0) is 59.7 Å². The number of benzene rings is 3. The lowest BCUT2D eigenvalue weighted by Crippen LogP contribution is -2.11. The molecule has 1 unspecified atom stereocenters. The molecule has 4 nitrogen and oxygen atoms in total. The Hall–Kier alpha value is -3.71. The van der Waals surface area contributed by atoms with E-state index in [1.54, 1.807) is 20.4 Å². The van der Waals surface area contributed by atoms with Crippen LogP contribution in [0.4, 0.5) is 0 Å². The molecule has 0 bridgehead atoms. The van der Waals surface area contributed by atoms with Gasteiger partial charge in [0.1, 0.15) is 11.5 Å². The molecule has 0 saturated carbocycles. The first-order valence-corrected chi connectivity index (χ1v) is 9.29. The van der Waals surface area contributed by atoms with Crippen LogP contribution in [0.5, 0.6) is 11.5 Å². The van der Waals surface area contributed by atoms with E-state index in [9.17, 15) is 0 Å². The van der Waals surface area contributed by atoms with E-state index in [1.807, 2.05) is 66.7 Å². The molecule has 0 radical (unpaired) electrons. The Morgan fingerprint density at radius 3 is 2.07 bits per heavy atom. The molecule has 3 aromatic rings. The number of oxime groups is 1. The minimum atomic E-state index is -0.367. The second-order valence-electron chi connectivity index (χ2n) is 6.29. The molecule has 0 spiro atoms. The number of ether oxygens (including phenoxy) is 2. The number of methoxy groups -OCH3 is 2. The Morgan fingerprint density at radius 2 is 1.45 bits per heavy atom. The third-order valence-electron chi connectivity index (χ3n) is 4.24. The van der Waals surface area contributed by atoms with Crippen molar-refractivity contribution in [3.8, 4) is 23.3 Å². The van der Waals surface area contributed by atoms with Crippen LogP contribution >= 0.6 is 0 Å². The molecule has 146 valence electrons. The van der Waals surface area contributed by atoms with Crippen molar-refractivity contribution < 1.29 is 14.3 Å². The third-order valence-corrected chi connectivity index (χ3v) is 4.24. The summed E-state index contributed by atoms with van der Waals surface area (Å²) in [6.45, 7) is 0. The van der Waals surface area contributed by atoms with Crippen molar-refractivity contribution in [1.29, 1.82) is 0 Å². The standard InChI is InChI=1S/C25H23NO3/c1-27-23-13-8-20(9-14-23)10-17-25(18-21-6-4-3-5-7-21)29-26-19-22-11-15-24(28-2)16-12-22/h3-9,11-16,19,25H,18H2,1-2H3/b26-19+. The van der Waals surface area contributed by atoms with Crippen LogP contribution in [0.2, 0.25) is 0 Å². The Morgan fingerprint density at radius 1 is 0.828 bits per heavy atom. The van der Waals surface area contributed by atoms with Crippen molar-refractivity contribution in [3.05, 3.63) is 95.6 Å². The zero-order chi connectivity index (χ0) is 20.3. The van der Waals surface area contributed by atoms with E-state index in [4.69, 9.17) is 14.3 Å². The lowest BCUT2D eigenvalue weighted by atomic mass is 10.1. The Bertz CT molecular complexity index is 969. The number of nitrogens with zero attached hydrogens (tertiary/aromatic N) is 1. The molecule has 0 aromatic heterocycles. The number of hydrogen-bond donors (Lipinski definition) is 0. The van der Waals surface area contributed by atoms with Crippen LogP contribution in [0.3, 0.4) is 0 Å². The predicted octanol–water partition coefficient (Wildman–Crippen LogP) is 4.72. The maximum absolute atomic E-state index is 5.71. The van der Waals surface area contributed by atoms with Gasteiger partial charge in [0.05, 0.1) is 20.4 Å². The summed E-state index contributed by atoms with van der Waals surface area (Å²) in [5, 5.41) is 4.14. The fraction of sp³-hybridized carbons (Fsp3) is 0.160. The first-order chi connectivity index (χ1) is 14.3. The van der Waals surface area contributed by atoms with Crippen LogP contribution in [0.25, 0.3) is 0 Å². The SMILES string of the molecule is COc1ccc(C#CC(Cc2ccccc2)O/N=C/c2ccc(OC)cc2)cc1. The summed E-state index contributed by atoms with van der Waals surface area (Å²) in [6.07, 6.45) is 1.95. The van der Waals surface area contributed by atoms with E-state index in [1.165, 1.54) is 0 Å². The van der Waals surface area contributed by atoms with Crippen molar-refractivity contribution in [2.24, 2.45) is 5.16 Å². The molecule has 0 fully saturated rings. The quantitative estimate of drug-likeness (QED) is 0.336. The minimum absolute atomic E-state index is 0.367. The molecule has 29 heavy (non-hydrogen) atoms. The topological polar surface area (TPSA) is 40.0 Å². The average molecular weight is 385 g/mol. The molecular weight excluding hydrogens is 362 g/mol. The van der Waals surface area contributed by atoms with Gasteiger partial charge in [0.25, 0.3) is 0 Å². The van der Waals surface area contributed by atoms with Gasteiger partial charge in [-0.3, -0.25) is 0 Å². The Labute approximate surface area is 171 Å². The summed E-state index contributed by atoms with van der Waals surface area (Å²) < 4.78 is 10.3. The summed E-state index contributed by atoms with van der Waals surface area (Å²) in [5.41, 5.74) is 2.96. The van der Waals surface area contributed by atoms with Crippen molar-refractivity contribution in [1.82, 2.24) is 0 Å². The van der Waals surface area contributed by atoms with Crippen LogP contribution in [0.15, 0.2) is 84.0 Å². The highest BCUT2D eigenvalue weighted by Crippen LogP contribution is 2.12. The van der Waals surface area contributed by atoms with Crippen LogP contribution < -0.4 is 9.47 Å². The molecule has 0 aliphatic rings. The van der Waals surface area contributed by atoms with Gasteiger partial charge in [-0.2, -0.15) is 0 Å². The second kappa shape index (κ2) is 10.6. The molecule has 3 rings (SSSR count). The smallest absolute Gasteiger partial charge is 0.191 e. The molecule has 0 amide bonds. The largest absolute Gasteiger partial charge is 0.497 e. The lowest BCUT2D eigenvalue weighted by molar-refractivity contribution is 0.101. The van der Waals surface area contributed by atoms with Gasteiger partial charge in [0.2, 0.25) is 0 Å². The van der Waals surface area contributed by atoms with Gasteiger partial charge in [0, 0.05) is 12.0 Å². The van der Waals surface area contributed by atoms with Gasteiger partial charge in [0.15, 0.2) is 6.10 Å². The monoisotopic (exact) mass is 385 g/mol. The number of rotatable bonds is 7. The zero-order valence-corrected chi connectivity index (χ0v) is 16.5. The van der Waals surface area contributed by atoms with Crippen LogP contribution in [0.1, 0.15) is 16.7 Å². The predicted molar refractivity (Wildman–Crippen MR) is 115 cm³/mol. The molecule has 3 aromatic carbocycles. The molecule has 0 aliphatic carbocycles. The van der Waals surface area contributed by atoms with Crippen LogP contribution in [-0.4, -0.2) is 26.5 Å². The molecule has 1 atom stereocenters. The maximum Gasteiger partial charge on any atom is 0.191 e. The molecule has 0 aliphatic heterocycles. The molecule has 0 N–H and O–H groups in total. The number of hydrogen-bond acceptors (Lipinski definition) is 4. The van der Waals surface area contributed by atoms with Crippen molar-refractivity contribution >= 4 is 6.21 Å². The fourth-order valence-corrected chi connectivity index (χ4v) is 2.64.